The Balaban J connectivity index is 0.00000256. The molecule has 0 aliphatic carbocycles. The first-order chi connectivity index (χ1) is 7.09. The topological polar surface area (TPSA) is 69.2 Å². The van der Waals surface area contributed by atoms with E-state index in [4.69, 9.17) is 0 Å². The van der Waals surface area contributed by atoms with Gasteiger partial charge >= 0.3 is 35.7 Å². The van der Waals surface area contributed by atoms with Crippen molar-refractivity contribution in [2.75, 3.05) is 4.72 Å². The van der Waals surface area contributed by atoms with Crippen LogP contribution in [0, 0.1) is 5.82 Å². The molecule has 0 aliphatic rings. The van der Waals surface area contributed by atoms with Gasteiger partial charge in [0, 0.05) is 0 Å². The van der Waals surface area contributed by atoms with Gasteiger partial charge in [0.2, 0.25) is 0 Å². The van der Waals surface area contributed by atoms with Gasteiger partial charge in [-0.1, -0.05) is 0 Å². The second kappa shape index (κ2) is 5.53. The van der Waals surface area contributed by atoms with Crippen LogP contribution in [0.15, 0.2) is 18.2 Å². The largest absolute Gasteiger partial charge is 1.00 e. The van der Waals surface area contributed by atoms with Crippen molar-refractivity contribution in [3.8, 4) is 0 Å². The number of benzene rings is 1. The maximum atomic E-state index is 12.9. The van der Waals surface area contributed by atoms with E-state index in [2.05, 4.69) is 0 Å². The van der Waals surface area contributed by atoms with Crippen molar-refractivity contribution in [3.63, 3.8) is 0 Å². The summed E-state index contributed by atoms with van der Waals surface area (Å²) in [5, 5.41) is 0. The van der Waals surface area contributed by atoms with Crippen LogP contribution >= 0.6 is 0 Å². The van der Waals surface area contributed by atoms with Crippen molar-refractivity contribution in [1.29, 1.82) is 0 Å². The minimum absolute atomic E-state index is 0. The van der Waals surface area contributed by atoms with Gasteiger partial charge in [0.1, 0.15) is 5.82 Å². The van der Waals surface area contributed by atoms with Crippen LogP contribution in [-0.2, 0) is 16.5 Å². The Morgan fingerprint density at radius 2 is 1.76 bits per heavy atom. The first-order valence-corrected chi connectivity index (χ1v) is 5.11. The Labute approximate surface area is 116 Å². The number of rotatable bonds is 2. The van der Waals surface area contributed by atoms with Crippen molar-refractivity contribution in [2.45, 2.75) is 6.18 Å². The predicted molar refractivity (Wildman–Crippen MR) is 44.7 cm³/mol. The van der Waals surface area contributed by atoms with Gasteiger partial charge in [0.25, 0.3) is 0 Å². The zero-order valence-corrected chi connectivity index (χ0v) is 11.2. The van der Waals surface area contributed by atoms with E-state index >= 15 is 0 Å². The normalized spacial score (nSPS) is 11.8. The van der Waals surface area contributed by atoms with Crippen molar-refractivity contribution in [1.82, 2.24) is 0 Å². The summed E-state index contributed by atoms with van der Waals surface area (Å²) >= 11 is 0. The summed E-state index contributed by atoms with van der Waals surface area (Å²) in [5.41, 5.74) is -2.30. The molecule has 1 aromatic rings. The molecule has 0 aromatic heterocycles. The van der Waals surface area contributed by atoms with E-state index in [9.17, 15) is 30.5 Å². The van der Waals surface area contributed by atoms with E-state index in [1.165, 1.54) is 0 Å². The van der Waals surface area contributed by atoms with Gasteiger partial charge in [0.05, 0.1) is 11.3 Å². The van der Waals surface area contributed by atoms with Gasteiger partial charge in [0.15, 0.2) is 10.3 Å². The Bertz CT molecular complexity index is 502. The third-order valence-corrected chi connectivity index (χ3v) is 2.00. The molecule has 0 fully saturated rings. The average Bonchev–Trinajstić information content (AvgIpc) is 2.04. The molecular weight excluding hydrogens is 277 g/mol. The maximum Gasteiger partial charge on any atom is 1.00 e. The van der Waals surface area contributed by atoms with E-state index < -0.39 is 33.5 Å². The molecule has 17 heavy (non-hydrogen) atoms. The number of hydrogen-bond donors (Lipinski definition) is 1. The molecule has 0 atom stereocenters. The SMILES string of the molecule is O=S(=O)([O-])Nc1cc(C(F)(F)F)ccc1F.[Na+]. The summed E-state index contributed by atoms with van der Waals surface area (Å²) < 4.78 is 81.0. The second-order valence-electron chi connectivity index (χ2n) is 2.75. The number of nitrogens with one attached hydrogen (secondary N) is 1. The Hall–Kier alpha value is -0.350. The second-order valence-corrected chi connectivity index (χ2v) is 3.86. The maximum absolute atomic E-state index is 12.9. The van der Waals surface area contributed by atoms with E-state index in [0.29, 0.717) is 12.1 Å². The summed E-state index contributed by atoms with van der Waals surface area (Å²) in [7, 11) is -5.07. The zero-order chi connectivity index (χ0) is 12.6. The minimum atomic E-state index is -5.07. The fourth-order valence-electron chi connectivity index (χ4n) is 0.914. The van der Waals surface area contributed by atoms with Crippen LogP contribution in [0.4, 0.5) is 23.2 Å². The third kappa shape index (κ3) is 5.21. The van der Waals surface area contributed by atoms with Gasteiger partial charge in [-0.05, 0) is 18.2 Å². The summed E-state index contributed by atoms with van der Waals surface area (Å²) in [6, 6.07) is 1.04. The van der Waals surface area contributed by atoms with E-state index in [0.717, 1.165) is 4.72 Å². The summed E-state index contributed by atoms with van der Waals surface area (Å²) in [5.74, 6) is -1.27. The average molecular weight is 281 g/mol. The zero-order valence-electron chi connectivity index (χ0n) is 8.38. The van der Waals surface area contributed by atoms with Crippen LogP contribution in [0.5, 0.6) is 0 Å². The molecule has 0 aliphatic heterocycles. The molecule has 0 saturated heterocycles. The predicted octanol–water partition coefficient (Wildman–Crippen LogP) is -1.28. The molecule has 10 heteroatoms. The fraction of sp³-hybridized carbons (Fsp3) is 0.143. The molecule has 1 aromatic carbocycles. The molecule has 90 valence electrons. The minimum Gasteiger partial charge on any atom is -0.731 e. The Morgan fingerprint density at radius 1 is 1.24 bits per heavy atom. The molecule has 1 rings (SSSR count). The van der Waals surface area contributed by atoms with E-state index in [-0.39, 0.29) is 35.6 Å². The molecule has 0 saturated carbocycles. The molecular formula is C7H4F4NNaO3S. The molecule has 0 spiro atoms. The van der Waals surface area contributed by atoms with Crippen LogP contribution in [0.3, 0.4) is 0 Å². The quantitative estimate of drug-likeness (QED) is 0.417. The number of alkyl halides is 3. The standard InChI is InChI=1S/C7H5F4NO3S.Na/c8-5-2-1-4(7(9,10)11)3-6(5)12-16(13,14)15;/h1-3,12H,(H,13,14,15);/q;+1/p-1. The van der Waals surface area contributed by atoms with Crippen molar-refractivity contribution >= 4 is 16.0 Å². The molecule has 0 bridgehead atoms. The molecule has 1 N–H and O–H groups in total. The fourth-order valence-corrected chi connectivity index (χ4v) is 1.34. The van der Waals surface area contributed by atoms with Crippen LogP contribution < -0.4 is 34.3 Å². The number of halogens is 4. The monoisotopic (exact) mass is 281 g/mol. The van der Waals surface area contributed by atoms with Gasteiger partial charge in [-0.25, -0.2) is 12.8 Å². The molecule has 4 nitrogen and oxygen atoms in total. The molecule has 0 unspecified atom stereocenters. The van der Waals surface area contributed by atoms with E-state index in [1.807, 2.05) is 0 Å². The first kappa shape index (κ1) is 16.6. The number of anilines is 1. The number of hydrogen-bond acceptors (Lipinski definition) is 3. The van der Waals surface area contributed by atoms with Crippen molar-refractivity contribution < 1.29 is 60.1 Å². The van der Waals surface area contributed by atoms with E-state index in [1.54, 1.807) is 0 Å². The van der Waals surface area contributed by atoms with Crippen molar-refractivity contribution in [3.05, 3.63) is 29.6 Å². The smallest absolute Gasteiger partial charge is 0.731 e. The van der Waals surface area contributed by atoms with Crippen LogP contribution in [0.25, 0.3) is 0 Å². The Kier molecular flexibility index (Phi) is 5.41. The van der Waals surface area contributed by atoms with Crippen molar-refractivity contribution in [2.24, 2.45) is 0 Å². The van der Waals surface area contributed by atoms with Gasteiger partial charge < -0.3 is 4.55 Å². The van der Waals surface area contributed by atoms with Crippen LogP contribution in [0.2, 0.25) is 0 Å². The van der Waals surface area contributed by atoms with Crippen LogP contribution in [0.1, 0.15) is 5.56 Å². The molecule has 0 heterocycles. The summed E-state index contributed by atoms with van der Waals surface area (Å²) in [6.45, 7) is 0. The third-order valence-electron chi connectivity index (χ3n) is 1.53. The molecule has 0 radical (unpaired) electrons. The molecule has 0 amide bonds. The van der Waals surface area contributed by atoms with Gasteiger partial charge in [-0.15, -0.1) is 0 Å². The first-order valence-electron chi connectivity index (χ1n) is 3.70. The van der Waals surface area contributed by atoms with Crippen LogP contribution in [-0.4, -0.2) is 13.0 Å². The Morgan fingerprint density at radius 3 is 2.18 bits per heavy atom. The van der Waals surface area contributed by atoms with Gasteiger partial charge in [-0.3, -0.25) is 4.72 Å². The van der Waals surface area contributed by atoms with Gasteiger partial charge in [-0.2, -0.15) is 13.2 Å². The summed E-state index contributed by atoms with van der Waals surface area (Å²) in [4.78, 5) is 0. The summed E-state index contributed by atoms with van der Waals surface area (Å²) in [6.07, 6.45) is -4.75.